The van der Waals surface area contributed by atoms with Gasteiger partial charge in [0, 0.05) is 28.0 Å². The second-order valence-corrected chi connectivity index (χ2v) is 5.09. The maximum Gasteiger partial charge on any atom is 0.134 e. The van der Waals surface area contributed by atoms with E-state index in [0.717, 1.165) is 21.1 Å². The molecule has 0 aliphatic heterocycles. The Morgan fingerprint density at radius 3 is 2.88 bits per heavy atom. The van der Waals surface area contributed by atoms with E-state index in [-0.39, 0.29) is 6.10 Å². The van der Waals surface area contributed by atoms with Crippen LogP contribution in [0.2, 0.25) is 0 Å². The smallest absolute Gasteiger partial charge is 0.134 e. The van der Waals surface area contributed by atoms with Crippen LogP contribution in [0.15, 0.2) is 28.9 Å². The Labute approximate surface area is 109 Å². The number of nitrogens with one attached hydrogen (secondary N) is 1. The van der Waals surface area contributed by atoms with Gasteiger partial charge in [-0.2, -0.15) is 0 Å². The highest BCUT2D eigenvalue weighted by molar-refractivity contribution is 9.10. The number of hydrogen-bond acceptors (Lipinski definition) is 3. The first-order chi connectivity index (χ1) is 8.08. The average molecular weight is 295 g/mol. The monoisotopic (exact) mass is 294 g/mol. The van der Waals surface area contributed by atoms with Gasteiger partial charge in [0.2, 0.25) is 0 Å². The molecular weight excluding hydrogens is 280 g/mol. The Morgan fingerprint density at radius 2 is 2.18 bits per heavy atom. The first-order valence-corrected chi connectivity index (χ1v) is 6.34. The molecule has 1 heterocycles. The van der Waals surface area contributed by atoms with E-state index in [1.54, 1.807) is 13.1 Å². The summed E-state index contributed by atoms with van der Waals surface area (Å²) in [6.45, 7) is 4.30. The molecule has 1 aromatic carbocycles. The summed E-state index contributed by atoms with van der Waals surface area (Å²) in [7, 11) is 0. The Balaban J connectivity index is 2.48. The fraction of sp³-hybridized carbons (Fsp3) is 0.308. The van der Waals surface area contributed by atoms with E-state index in [0.29, 0.717) is 6.54 Å². The van der Waals surface area contributed by atoms with Crippen LogP contribution in [0.3, 0.4) is 0 Å². The van der Waals surface area contributed by atoms with Crippen molar-refractivity contribution in [2.24, 2.45) is 0 Å². The molecule has 0 radical (unpaired) electrons. The van der Waals surface area contributed by atoms with Gasteiger partial charge in [-0.05, 0) is 35.8 Å². The molecule has 3 nitrogen and oxygen atoms in total. The maximum atomic E-state index is 9.30. The number of aliphatic hydroxyl groups is 1. The zero-order valence-electron chi connectivity index (χ0n) is 9.87. The lowest BCUT2D eigenvalue weighted by Crippen LogP contribution is -2.16. The van der Waals surface area contributed by atoms with Crippen LogP contribution in [0.1, 0.15) is 12.5 Å². The molecule has 0 aliphatic rings. The number of aryl methyl sites for hydroxylation is 1. The van der Waals surface area contributed by atoms with Gasteiger partial charge in [0.15, 0.2) is 0 Å². The van der Waals surface area contributed by atoms with E-state index >= 15 is 0 Å². The number of fused-ring (bicyclic) bond motifs is 1. The van der Waals surface area contributed by atoms with Crippen LogP contribution in [0, 0.1) is 6.92 Å². The van der Waals surface area contributed by atoms with Crippen molar-refractivity contribution in [3.63, 3.8) is 0 Å². The fourth-order valence-corrected chi connectivity index (χ4v) is 2.16. The van der Waals surface area contributed by atoms with Crippen molar-refractivity contribution in [2.45, 2.75) is 20.0 Å². The van der Waals surface area contributed by atoms with Crippen LogP contribution >= 0.6 is 15.9 Å². The third-order valence-corrected chi connectivity index (χ3v) is 3.19. The molecule has 2 rings (SSSR count). The lowest BCUT2D eigenvalue weighted by molar-refractivity contribution is 0.208. The first-order valence-electron chi connectivity index (χ1n) is 5.54. The molecule has 4 heteroatoms. The largest absolute Gasteiger partial charge is 0.392 e. The Kier molecular flexibility index (Phi) is 3.64. The Morgan fingerprint density at radius 1 is 1.41 bits per heavy atom. The van der Waals surface area contributed by atoms with Crippen molar-refractivity contribution >= 4 is 32.5 Å². The van der Waals surface area contributed by atoms with Crippen molar-refractivity contribution < 1.29 is 5.11 Å². The second-order valence-electron chi connectivity index (χ2n) is 4.23. The highest BCUT2D eigenvalue weighted by Gasteiger charge is 2.06. The Hall–Kier alpha value is -1.13. The average Bonchev–Trinajstić information content (AvgIpc) is 2.28. The summed E-state index contributed by atoms with van der Waals surface area (Å²) < 4.78 is 0.982. The zero-order chi connectivity index (χ0) is 12.4. The van der Waals surface area contributed by atoms with E-state index in [2.05, 4.69) is 51.4 Å². The molecule has 0 saturated carbocycles. The van der Waals surface area contributed by atoms with Gasteiger partial charge in [0.05, 0.1) is 6.10 Å². The number of pyridine rings is 1. The molecule has 1 aromatic heterocycles. The van der Waals surface area contributed by atoms with Crippen LogP contribution in [-0.4, -0.2) is 22.7 Å². The molecule has 0 fully saturated rings. The molecule has 0 amide bonds. The molecule has 0 saturated heterocycles. The number of halogens is 1. The van der Waals surface area contributed by atoms with E-state index in [9.17, 15) is 5.11 Å². The molecule has 1 unspecified atom stereocenters. The molecule has 90 valence electrons. The summed E-state index contributed by atoms with van der Waals surface area (Å²) in [5.74, 6) is 0.813. The van der Waals surface area contributed by atoms with Crippen molar-refractivity contribution in [1.29, 1.82) is 0 Å². The third kappa shape index (κ3) is 2.76. The van der Waals surface area contributed by atoms with Gasteiger partial charge in [-0.3, -0.25) is 0 Å². The number of benzene rings is 1. The van der Waals surface area contributed by atoms with E-state index in [1.807, 2.05) is 0 Å². The van der Waals surface area contributed by atoms with Crippen LogP contribution < -0.4 is 5.32 Å². The van der Waals surface area contributed by atoms with Gasteiger partial charge >= 0.3 is 0 Å². The lowest BCUT2D eigenvalue weighted by atomic mass is 10.1. The minimum Gasteiger partial charge on any atom is -0.392 e. The quantitative estimate of drug-likeness (QED) is 0.914. The summed E-state index contributed by atoms with van der Waals surface area (Å²) >= 11 is 3.50. The molecule has 17 heavy (non-hydrogen) atoms. The molecule has 1 atom stereocenters. The fourth-order valence-electron chi connectivity index (χ4n) is 1.71. The molecule has 2 aromatic rings. The maximum absolute atomic E-state index is 9.30. The number of aromatic nitrogens is 1. The number of hydrogen-bond donors (Lipinski definition) is 2. The summed E-state index contributed by atoms with van der Waals surface area (Å²) in [6, 6.07) is 6.24. The SMILES string of the molecule is Cc1ccc2c(Br)cnc(NCC(C)O)c2c1. The van der Waals surface area contributed by atoms with Crippen molar-refractivity contribution in [1.82, 2.24) is 4.98 Å². The van der Waals surface area contributed by atoms with Crippen molar-refractivity contribution in [3.8, 4) is 0 Å². The summed E-state index contributed by atoms with van der Waals surface area (Å²) in [5.41, 5.74) is 1.19. The molecular formula is C13H15BrN2O. The molecule has 0 bridgehead atoms. The van der Waals surface area contributed by atoms with E-state index in [1.165, 1.54) is 5.56 Å². The zero-order valence-corrected chi connectivity index (χ0v) is 11.5. The van der Waals surface area contributed by atoms with Gasteiger partial charge in [-0.15, -0.1) is 0 Å². The van der Waals surface area contributed by atoms with Gasteiger partial charge in [0.1, 0.15) is 5.82 Å². The molecule has 0 spiro atoms. The third-order valence-electron chi connectivity index (χ3n) is 2.56. The van der Waals surface area contributed by atoms with Crippen LogP contribution in [0.4, 0.5) is 5.82 Å². The highest BCUT2D eigenvalue weighted by Crippen LogP contribution is 2.28. The van der Waals surface area contributed by atoms with Gasteiger partial charge < -0.3 is 10.4 Å². The summed E-state index contributed by atoms with van der Waals surface area (Å²) in [6.07, 6.45) is 1.39. The van der Waals surface area contributed by atoms with E-state index < -0.39 is 0 Å². The predicted octanol–water partition coefficient (Wildman–Crippen LogP) is 3.10. The number of rotatable bonds is 3. The molecule has 0 aliphatic carbocycles. The van der Waals surface area contributed by atoms with Crippen LogP contribution in [0.5, 0.6) is 0 Å². The second kappa shape index (κ2) is 5.02. The topological polar surface area (TPSA) is 45.2 Å². The predicted molar refractivity (Wildman–Crippen MR) is 74.4 cm³/mol. The van der Waals surface area contributed by atoms with Crippen molar-refractivity contribution in [2.75, 3.05) is 11.9 Å². The first kappa shape index (κ1) is 12.3. The number of anilines is 1. The minimum absolute atomic E-state index is 0.389. The lowest BCUT2D eigenvalue weighted by Gasteiger charge is -2.11. The highest BCUT2D eigenvalue weighted by atomic mass is 79.9. The normalized spacial score (nSPS) is 12.7. The standard InChI is InChI=1S/C13H15BrN2O/c1-8-3-4-10-11(5-8)13(15-6-9(2)17)16-7-12(10)14/h3-5,7,9,17H,6H2,1-2H3,(H,15,16). The van der Waals surface area contributed by atoms with Gasteiger partial charge in [0.25, 0.3) is 0 Å². The minimum atomic E-state index is -0.389. The van der Waals surface area contributed by atoms with Crippen molar-refractivity contribution in [3.05, 3.63) is 34.4 Å². The summed E-state index contributed by atoms with van der Waals surface area (Å²) in [4.78, 5) is 4.35. The Bertz CT molecular complexity index is 540. The van der Waals surface area contributed by atoms with E-state index in [4.69, 9.17) is 0 Å². The number of nitrogens with zero attached hydrogens (tertiary/aromatic N) is 1. The van der Waals surface area contributed by atoms with Gasteiger partial charge in [-0.1, -0.05) is 17.7 Å². The van der Waals surface area contributed by atoms with Crippen LogP contribution in [-0.2, 0) is 0 Å². The van der Waals surface area contributed by atoms with Crippen LogP contribution in [0.25, 0.3) is 10.8 Å². The molecule has 2 N–H and O–H groups in total. The summed E-state index contributed by atoms with van der Waals surface area (Å²) in [5, 5.41) is 14.6. The van der Waals surface area contributed by atoms with Gasteiger partial charge in [-0.25, -0.2) is 4.98 Å². The number of aliphatic hydroxyl groups excluding tert-OH is 1.